The molecule has 1 amide bonds. The summed E-state index contributed by atoms with van der Waals surface area (Å²) >= 11 is 0. The van der Waals surface area contributed by atoms with Crippen molar-refractivity contribution in [1.82, 2.24) is 5.48 Å². The highest BCUT2D eigenvalue weighted by molar-refractivity contribution is 6.03. The van der Waals surface area contributed by atoms with Gasteiger partial charge in [0.25, 0.3) is 5.91 Å². The number of carbonyl (C=O) groups is 2. The van der Waals surface area contributed by atoms with Crippen molar-refractivity contribution in [1.29, 1.82) is 0 Å². The number of nitrogens with one attached hydrogen (secondary N) is 2. The number of hydrogen-bond acceptors (Lipinski definition) is 5. The van der Waals surface area contributed by atoms with E-state index in [1.807, 2.05) is 69.3 Å². The number of anilines is 1. The minimum atomic E-state index is -0.961. The van der Waals surface area contributed by atoms with Crippen molar-refractivity contribution < 1.29 is 24.3 Å². The van der Waals surface area contributed by atoms with E-state index in [2.05, 4.69) is 23.8 Å². The second-order valence-corrected chi connectivity index (χ2v) is 9.20. The number of carboxylic acids is 1. The van der Waals surface area contributed by atoms with Crippen molar-refractivity contribution in [3.05, 3.63) is 83.7 Å². The van der Waals surface area contributed by atoms with Gasteiger partial charge in [0.1, 0.15) is 17.9 Å². The molecule has 3 atom stereocenters. The summed E-state index contributed by atoms with van der Waals surface area (Å²) in [6.45, 7) is 7.63. The molecule has 0 radical (unpaired) electrons. The van der Waals surface area contributed by atoms with E-state index in [1.54, 1.807) is 12.1 Å². The van der Waals surface area contributed by atoms with Gasteiger partial charge in [-0.15, -0.1) is 5.48 Å². The van der Waals surface area contributed by atoms with Gasteiger partial charge in [-0.1, -0.05) is 55.8 Å². The number of rotatable bonds is 8. The highest BCUT2D eigenvalue weighted by Crippen LogP contribution is 2.39. The van der Waals surface area contributed by atoms with Crippen LogP contribution in [0.4, 0.5) is 5.69 Å². The Bertz CT molecular complexity index is 1190. The summed E-state index contributed by atoms with van der Waals surface area (Å²) in [6, 6.07) is 14.1. The van der Waals surface area contributed by atoms with E-state index in [-0.39, 0.29) is 23.8 Å². The van der Waals surface area contributed by atoms with Crippen molar-refractivity contribution in [2.45, 2.75) is 39.8 Å². The van der Waals surface area contributed by atoms with E-state index in [4.69, 9.17) is 9.57 Å². The smallest absolute Gasteiger partial charge is 0.324 e. The van der Waals surface area contributed by atoms with Crippen LogP contribution in [0.1, 0.15) is 27.7 Å². The molecule has 0 aromatic heterocycles. The van der Waals surface area contributed by atoms with Crippen LogP contribution in [0, 0.1) is 11.8 Å². The topological polar surface area (TPSA) is 96.9 Å². The number of benzene rings is 2. The Labute approximate surface area is 205 Å². The van der Waals surface area contributed by atoms with E-state index >= 15 is 0 Å². The summed E-state index contributed by atoms with van der Waals surface area (Å²) < 4.78 is 5.94. The highest BCUT2D eigenvalue weighted by atomic mass is 16.6. The third-order valence-corrected chi connectivity index (χ3v) is 6.33. The van der Waals surface area contributed by atoms with Gasteiger partial charge in [0, 0.05) is 11.6 Å². The number of carbonyl (C=O) groups excluding carboxylic acids is 1. The monoisotopic (exact) mass is 474 g/mol. The summed E-state index contributed by atoms with van der Waals surface area (Å²) in [5, 5.41) is 12.2. The minimum absolute atomic E-state index is 0.116. The van der Waals surface area contributed by atoms with E-state index < -0.39 is 12.0 Å². The number of amides is 1. The molecular formula is C28H30N2O5. The first kappa shape index (κ1) is 24.3. The number of carboxylic acid groups (broad SMARTS) is 1. The summed E-state index contributed by atoms with van der Waals surface area (Å²) in [4.78, 5) is 29.6. The molecule has 7 nitrogen and oxygen atoms in total. The molecule has 0 saturated heterocycles. The Morgan fingerprint density at radius 2 is 1.63 bits per heavy atom. The first-order valence-corrected chi connectivity index (χ1v) is 11.6. The summed E-state index contributed by atoms with van der Waals surface area (Å²) in [7, 11) is 0. The molecular weight excluding hydrogens is 444 g/mol. The maximum atomic E-state index is 12.9. The number of ether oxygens (including phenoxy) is 1. The van der Waals surface area contributed by atoms with Gasteiger partial charge < -0.3 is 20.0 Å². The summed E-state index contributed by atoms with van der Waals surface area (Å²) in [6.07, 6.45) is 5.89. The lowest BCUT2D eigenvalue weighted by molar-refractivity contribution is -0.143. The molecule has 0 bridgehead atoms. The van der Waals surface area contributed by atoms with Crippen molar-refractivity contribution in [2.24, 2.45) is 11.8 Å². The minimum Gasteiger partial charge on any atom is -0.480 e. The average Bonchev–Trinajstić information content (AvgIpc) is 3.17. The van der Waals surface area contributed by atoms with Crippen LogP contribution in [-0.4, -0.2) is 29.1 Å². The Hall–Kier alpha value is -3.84. The molecule has 2 unspecified atom stereocenters. The molecule has 1 aliphatic heterocycles. The Kier molecular flexibility index (Phi) is 7.07. The normalized spacial score (nSPS) is 19.6. The number of fused-ring (bicyclic) bond motifs is 1. The van der Waals surface area contributed by atoms with E-state index in [0.29, 0.717) is 17.2 Å². The summed E-state index contributed by atoms with van der Waals surface area (Å²) in [5.41, 5.74) is 7.35. The first-order valence-electron chi connectivity index (χ1n) is 11.6. The second-order valence-electron chi connectivity index (χ2n) is 9.20. The maximum absolute atomic E-state index is 12.9. The Morgan fingerprint density at radius 1 is 1.00 bits per heavy atom. The highest BCUT2D eigenvalue weighted by Gasteiger charge is 2.37. The zero-order valence-corrected chi connectivity index (χ0v) is 20.2. The molecule has 3 N–H and O–H groups in total. The fourth-order valence-electron chi connectivity index (χ4n) is 4.34. The van der Waals surface area contributed by atoms with Gasteiger partial charge in [-0.3, -0.25) is 9.59 Å². The van der Waals surface area contributed by atoms with E-state index in [0.717, 1.165) is 16.7 Å². The second kappa shape index (κ2) is 10.2. The van der Waals surface area contributed by atoms with Crippen LogP contribution in [0.15, 0.2) is 83.7 Å². The van der Waals surface area contributed by atoms with Crippen LogP contribution >= 0.6 is 0 Å². The lowest BCUT2D eigenvalue weighted by Crippen LogP contribution is -2.42. The van der Waals surface area contributed by atoms with Gasteiger partial charge in [-0.2, -0.15) is 0 Å². The van der Waals surface area contributed by atoms with Gasteiger partial charge in [0.2, 0.25) is 0 Å². The number of allylic oxidation sites excluding steroid dienone is 2. The largest absolute Gasteiger partial charge is 0.480 e. The Morgan fingerprint density at radius 3 is 2.20 bits per heavy atom. The molecule has 182 valence electrons. The van der Waals surface area contributed by atoms with Crippen LogP contribution in [0.25, 0.3) is 11.1 Å². The quantitative estimate of drug-likeness (QED) is 0.461. The van der Waals surface area contributed by atoms with Crippen LogP contribution < -0.4 is 15.6 Å². The molecule has 0 fully saturated rings. The van der Waals surface area contributed by atoms with Crippen molar-refractivity contribution >= 4 is 17.6 Å². The molecule has 0 saturated carbocycles. The third kappa shape index (κ3) is 5.30. The fraction of sp³-hybridized carbons (Fsp3) is 0.286. The van der Waals surface area contributed by atoms with Gasteiger partial charge >= 0.3 is 5.97 Å². The molecule has 2 aromatic rings. The number of hydrogen-bond donors (Lipinski definition) is 3. The van der Waals surface area contributed by atoms with E-state index in [9.17, 15) is 14.7 Å². The van der Waals surface area contributed by atoms with E-state index in [1.165, 1.54) is 5.57 Å². The Balaban J connectivity index is 1.38. The standard InChI is InChI=1S/C28H30N2O5/c1-16(2)25(28(32)33)30-35-22-14-10-20(11-15-22)19-8-12-21(13-9-19)29-27(31)26-18(4)24-17(3)6-5-7-23(24)34-26/h5-16,23-25,30H,1-4H3,(H,29,31)(H,32,33)/t23?,24?,25-/m0/s1. The first-order chi connectivity index (χ1) is 16.7. The molecule has 0 spiro atoms. The zero-order chi connectivity index (χ0) is 25.1. The van der Waals surface area contributed by atoms with Crippen LogP contribution in [0.3, 0.4) is 0 Å². The van der Waals surface area contributed by atoms with Gasteiger partial charge in [0.15, 0.2) is 5.76 Å². The van der Waals surface area contributed by atoms with Crippen molar-refractivity contribution in [3.63, 3.8) is 0 Å². The molecule has 2 aromatic carbocycles. The molecule has 1 aliphatic carbocycles. The SMILES string of the molecule is CC1=CC=CC2OC(C(=O)Nc3ccc(-c4ccc(ON[C@H](C(=O)O)C(C)C)cc4)cc3)=C(C)C12. The molecule has 35 heavy (non-hydrogen) atoms. The van der Waals surface area contributed by atoms with Gasteiger partial charge in [-0.25, -0.2) is 0 Å². The lowest BCUT2D eigenvalue weighted by Gasteiger charge is -2.20. The van der Waals surface area contributed by atoms with Crippen LogP contribution in [0.5, 0.6) is 5.75 Å². The third-order valence-electron chi connectivity index (χ3n) is 6.33. The predicted octanol–water partition coefficient (Wildman–Crippen LogP) is 5.09. The molecule has 7 heteroatoms. The lowest BCUT2D eigenvalue weighted by atomic mass is 9.86. The van der Waals surface area contributed by atoms with Gasteiger partial charge in [-0.05, 0) is 66.8 Å². The predicted molar refractivity (Wildman–Crippen MR) is 134 cm³/mol. The van der Waals surface area contributed by atoms with Gasteiger partial charge in [0.05, 0.1) is 0 Å². The maximum Gasteiger partial charge on any atom is 0.324 e. The average molecular weight is 475 g/mol. The number of hydroxylamine groups is 1. The van der Waals surface area contributed by atoms with Crippen LogP contribution in [0.2, 0.25) is 0 Å². The molecule has 1 heterocycles. The summed E-state index contributed by atoms with van der Waals surface area (Å²) in [5.74, 6) is -0.308. The van der Waals surface area contributed by atoms with Crippen molar-refractivity contribution in [2.75, 3.05) is 5.32 Å². The van der Waals surface area contributed by atoms with Crippen molar-refractivity contribution in [3.8, 4) is 16.9 Å². The molecule has 4 rings (SSSR count). The molecule has 2 aliphatic rings. The fourth-order valence-corrected chi connectivity index (χ4v) is 4.34. The zero-order valence-electron chi connectivity index (χ0n) is 20.2. The van der Waals surface area contributed by atoms with Crippen LogP contribution in [-0.2, 0) is 14.3 Å². The number of aliphatic carboxylic acids is 1.